The molecule has 0 radical (unpaired) electrons. The fourth-order valence-corrected chi connectivity index (χ4v) is 4.48. The molecule has 5 heteroatoms. The van der Waals surface area contributed by atoms with Crippen LogP contribution in [0.3, 0.4) is 0 Å². The topological polar surface area (TPSA) is 54.9 Å². The van der Waals surface area contributed by atoms with Crippen LogP contribution in [-0.4, -0.2) is 11.7 Å². The summed E-state index contributed by atoms with van der Waals surface area (Å²) < 4.78 is 5.22. The molecule has 118 valence electrons. The van der Waals surface area contributed by atoms with Gasteiger partial charge in [-0.1, -0.05) is 0 Å². The monoisotopic (exact) mass is 328 g/mol. The first-order valence-corrected chi connectivity index (χ1v) is 8.66. The predicted octanol–water partition coefficient (Wildman–Crippen LogP) is 2.26. The molecule has 1 aromatic carbocycles. The number of benzene rings is 1. The fraction of sp³-hybridized carbons (Fsp3) is 0.278. The molecule has 1 unspecified atom stereocenters. The van der Waals surface area contributed by atoms with Crippen molar-refractivity contribution in [1.82, 2.24) is 0 Å². The van der Waals surface area contributed by atoms with Gasteiger partial charge < -0.3 is 14.4 Å². The van der Waals surface area contributed by atoms with Crippen molar-refractivity contribution < 1.29 is 14.4 Å². The molecule has 0 saturated heterocycles. The second-order valence-corrected chi connectivity index (χ2v) is 7.13. The van der Waals surface area contributed by atoms with Crippen molar-refractivity contribution in [2.24, 2.45) is 0 Å². The summed E-state index contributed by atoms with van der Waals surface area (Å²) in [6.07, 6.45) is 1.09. The number of phenols is 1. The third-order valence-electron chi connectivity index (χ3n) is 4.76. The van der Waals surface area contributed by atoms with Gasteiger partial charge in [0.25, 0.3) is 0 Å². The van der Waals surface area contributed by atoms with Gasteiger partial charge in [0, 0.05) is 39.9 Å². The Hall–Kier alpha value is -2.11. The van der Waals surface area contributed by atoms with Crippen LogP contribution in [0.4, 0.5) is 0 Å². The van der Waals surface area contributed by atoms with E-state index in [-0.39, 0.29) is 11.4 Å². The summed E-state index contributed by atoms with van der Waals surface area (Å²) in [7, 11) is 0. The van der Waals surface area contributed by atoms with E-state index >= 15 is 0 Å². The highest BCUT2D eigenvalue weighted by molar-refractivity contribution is 7.10. The smallest absolute Gasteiger partial charge is 0.336 e. The van der Waals surface area contributed by atoms with Crippen LogP contribution in [0.15, 0.2) is 44.9 Å². The molecule has 0 spiro atoms. The van der Waals surface area contributed by atoms with Crippen molar-refractivity contribution in [3.8, 4) is 5.75 Å². The van der Waals surface area contributed by atoms with Gasteiger partial charge in [0.05, 0.1) is 6.54 Å². The zero-order valence-corrected chi connectivity index (χ0v) is 13.7. The second-order valence-electron chi connectivity index (χ2n) is 6.13. The Bertz CT molecular complexity index is 927. The van der Waals surface area contributed by atoms with E-state index in [0.717, 1.165) is 30.5 Å². The highest BCUT2D eigenvalue weighted by Gasteiger charge is 2.28. The number of hydrogen-bond donors (Lipinski definition) is 2. The van der Waals surface area contributed by atoms with Crippen molar-refractivity contribution >= 4 is 22.3 Å². The number of aromatic hydroxyl groups is 1. The minimum atomic E-state index is -0.363. The standard InChI is InChI=1S/C18H17NO3S/c1-11-14-5-7-23-17(14)4-6-19(11)10-12-8-18(21)22-16-9-13(20)2-3-15(12)16/h2-3,5,7-9,11,20H,4,6,10H2,1H3/p+1/t11-/m1/s1. The Morgan fingerprint density at radius 3 is 3.09 bits per heavy atom. The van der Waals surface area contributed by atoms with Gasteiger partial charge in [-0.3, -0.25) is 0 Å². The number of fused-ring (bicyclic) bond motifs is 2. The molecule has 0 amide bonds. The molecule has 2 aromatic heterocycles. The van der Waals surface area contributed by atoms with Gasteiger partial charge in [0.2, 0.25) is 0 Å². The molecule has 2 atom stereocenters. The molecular formula is C18H18NO3S+. The molecule has 3 aromatic rings. The molecule has 0 aliphatic carbocycles. The van der Waals surface area contributed by atoms with Crippen LogP contribution in [0.25, 0.3) is 11.0 Å². The Morgan fingerprint density at radius 1 is 1.35 bits per heavy atom. The highest BCUT2D eigenvalue weighted by Crippen LogP contribution is 2.26. The zero-order chi connectivity index (χ0) is 16.0. The van der Waals surface area contributed by atoms with Crippen molar-refractivity contribution in [3.63, 3.8) is 0 Å². The van der Waals surface area contributed by atoms with Gasteiger partial charge in [0.1, 0.15) is 23.9 Å². The van der Waals surface area contributed by atoms with Crippen molar-refractivity contribution in [2.75, 3.05) is 6.54 Å². The van der Waals surface area contributed by atoms with Gasteiger partial charge in [-0.2, -0.15) is 0 Å². The lowest BCUT2D eigenvalue weighted by Crippen LogP contribution is -3.11. The summed E-state index contributed by atoms with van der Waals surface area (Å²) in [5.74, 6) is 0.111. The van der Waals surface area contributed by atoms with Gasteiger partial charge >= 0.3 is 5.63 Å². The summed E-state index contributed by atoms with van der Waals surface area (Å²) in [5, 5.41) is 12.7. The van der Waals surface area contributed by atoms with Crippen molar-refractivity contribution in [3.05, 3.63) is 62.1 Å². The van der Waals surface area contributed by atoms with Crippen LogP contribution in [0, 0.1) is 0 Å². The SMILES string of the molecule is C[C@@H]1c2ccsc2CC[NH+]1Cc1cc(=O)oc2cc(O)ccc12. The van der Waals surface area contributed by atoms with Gasteiger partial charge in [-0.15, -0.1) is 11.3 Å². The maximum Gasteiger partial charge on any atom is 0.336 e. The van der Waals surface area contributed by atoms with E-state index in [0.29, 0.717) is 11.6 Å². The molecule has 1 aliphatic rings. The first kappa shape index (κ1) is 14.5. The van der Waals surface area contributed by atoms with E-state index in [1.165, 1.54) is 21.4 Å². The molecular weight excluding hydrogens is 310 g/mol. The molecule has 23 heavy (non-hydrogen) atoms. The summed E-state index contributed by atoms with van der Waals surface area (Å²) in [4.78, 5) is 14.8. The molecule has 4 nitrogen and oxygen atoms in total. The molecule has 2 N–H and O–H groups in total. The number of phenolic OH excluding ortho intramolecular Hbond substituents is 1. The lowest BCUT2D eigenvalue weighted by Gasteiger charge is -2.30. The summed E-state index contributed by atoms with van der Waals surface area (Å²) in [6.45, 7) is 4.09. The van der Waals surface area contributed by atoms with Crippen LogP contribution in [0.5, 0.6) is 5.75 Å². The lowest BCUT2D eigenvalue weighted by atomic mass is 10.00. The number of thiophene rings is 1. The first-order valence-electron chi connectivity index (χ1n) is 7.78. The molecule has 0 saturated carbocycles. The van der Waals surface area contributed by atoms with Crippen molar-refractivity contribution in [1.29, 1.82) is 0 Å². The maximum absolute atomic E-state index is 11.8. The maximum atomic E-state index is 11.8. The molecule has 0 fully saturated rings. The highest BCUT2D eigenvalue weighted by atomic mass is 32.1. The van der Waals surface area contributed by atoms with Crippen LogP contribution in [0.2, 0.25) is 0 Å². The van der Waals surface area contributed by atoms with Crippen molar-refractivity contribution in [2.45, 2.75) is 25.9 Å². The van der Waals surface area contributed by atoms with Crippen LogP contribution in [-0.2, 0) is 13.0 Å². The van der Waals surface area contributed by atoms with E-state index in [2.05, 4.69) is 18.4 Å². The Morgan fingerprint density at radius 2 is 2.22 bits per heavy atom. The molecule has 1 aliphatic heterocycles. The van der Waals surface area contributed by atoms with Gasteiger partial charge in [-0.25, -0.2) is 4.79 Å². The van der Waals surface area contributed by atoms with Gasteiger partial charge in [0.15, 0.2) is 0 Å². The zero-order valence-electron chi connectivity index (χ0n) is 12.8. The molecule has 3 heterocycles. The van der Waals surface area contributed by atoms with Crippen LogP contribution < -0.4 is 10.5 Å². The van der Waals surface area contributed by atoms with E-state index in [1.54, 1.807) is 12.1 Å². The minimum absolute atomic E-state index is 0.111. The summed E-state index contributed by atoms with van der Waals surface area (Å²) >= 11 is 1.84. The van der Waals surface area contributed by atoms with E-state index < -0.39 is 0 Å². The largest absolute Gasteiger partial charge is 0.508 e. The van der Waals surface area contributed by atoms with E-state index in [9.17, 15) is 9.90 Å². The number of hydrogen-bond acceptors (Lipinski definition) is 4. The summed E-state index contributed by atoms with van der Waals surface area (Å²) in [6, 6.07) is 9.20. The average Bonchev–Trinajstić information content (AvgIpc) is 2.98. The normalized spacial score (nSPS) is 20.6. The van der Waals surface area contributed by atoms with Crippen LogP contribution >= 0.6 is 11.3 Å². The Kier molecular flexibility index (Phi) is 3.47. The van der Waals surface area contributed by atoms with E-state index in [1.807, 2.05) is 17.4 Å². The Labute approximate surface area is 137 Å². The average molecular weight is 328 g/mol. The first-order chi connectivity index (χ1) is 11.1. The molecule has 4 rings (SSSR count). The molecule has 0 bridgehead atoms. The van der Waals surface area contributed by atoms with Crippen LogP contribution in [0.1, 0.15) is 29.0 Å². The minimum Gasteiger partial charge on any atom is -0.508 e. The number of rotatable bonds is 2. The van der Waals surface area contributed by atoms with Gasteiger partial charge in [-0.05, 0) is 30.5 Å². The third kappa shape index (κ3) is 2.56. The summed E-state index contributed by atoms with van der Waals surface area (Å²) in [5.41, 5.74) is 2.50. The second kappa shape index (κ2) is 5.51. The predicted molar refractivity (Wildman–Crippen MR) is 90.1 cm³/mol. The fourth-order valence-electron chi connectivity index (χ4n) is 3.50. The lowest BCUT2D eigenvalue weighted by molar-refractivity contribution is -0.945. The third-order valence-corrected chi connectivity index (χ3v) is 5.76. The number of quaternary nitrogens is 1. The quantitative estimate of drug-likeness (QED) is 0.710. The number of nitrogens with one attached hydrogen (secondary N) is 1. The van der Waals surface area contributed by atoms with E-state index in [4.69, 9.17) is 4.42 Å². The Balaban J connectivity index is 1.72.